The Labute approximate surface area is 250 Å². The van der Waals surface area contributed by atoms with Crippen molar-refractivity contribution >= 4 is 23.4 Å². The molecule has 4 aromatic rings. The summed E-state index contributed by atoms with van der Waals surface area (Å²) in [5.74, 6) is 0.120. The fraction of sp³-hybridized carbons (Fsp3) is 0.324. The molecule has 5 rings (SSSR count). The third-order valence-electron chi connectivity index (χ3n) is 7.44. The van der Waals surface area contributed by atoms with Crippen molar-refractivity contribution in [3.63, 3.8) is 0 Å². The predicted molar refractivity (Wildman–Crippen MR) is 167 cm³/mol. The number of rotatable bonds is 7. The smallest absolute Gasteiger partial charge is 0.338 e. The Bertz CT molecular complexity index is 1910. The molecule has 1 aliphatic heterocycles. The highest BCUT2D eigenvalue weighted by Crippen LogP contribution is 2.36. The standard InChI is InChI=1S/C34H37N3O4S/c1-9-40-33(39)30-23(7)35-34-37(31(30)26-12-10-11-13-28(26)41-19(2)3)32(38)29(42-34)18-25-17-22(6)36(24(25)8)27-15-14-20(4)16-21(27)5/h10-19,31H,9H2,1-8H3/b29-18+/t31-/m1/s1. The fourth-order valence-electron chi connectivity index (χ4n) is 5.66. The van der Waals surface area contributed by atoms with Crippen LogP contribution in [-0.2, 0) is 9.53 Å². The third-order valence-corrected chi connectivity index (χ3v) is 8.43. The number of carbonyl (C=O) groups excluding carboxylic acids is 1. The molecule has 0 spiro atoms. The quantitative estimate of drug-likeness (QED) is 0.265. The number of ether oxygens (including phenoxy) is 2. The molecule has 218 valence electrons. The van der Waals surface area contributed by atoms with E-state index in [2.05, 4.69) is 56.5 Å². The summed E-state index contributed by atoms with van der Waals surface area (Å²) in [5.41, 5.74) is 7.96. The molecule has 0 saturated carbocycles. The number of para-hydroxylation sites is 1. The Balaban J connectivity index is 1.72. The van der Waals surface area contributed by atoms with E-state index >= 15 is 0 Å². The molecule has 0 radical (unpaired) electrons. The second-order valence-corrected chi connectivity index (χ2v) is 12.0. The van der Waals surface area contributed by atoms with Crippen molar-refractivity contribution in [2.24, 2.45) is 4.99 Å². The molecular formula is C34H37N3O4S. The lowest BCUT2D eigenvalue weighted by Gasteiger charge is -2.26. The molecule has 0 unspecified atom stereocenters. The van der Waals surface area contributed by atoms with E-state index in [0.717, 1.165) is 22.6 Å². The molecule has 2 aromatic heterocycles. The highest BCUT2D eigenvalue weighted by atomic mass is 32.1. The zero-order chi connectivity index (χ0) is 30.3. The normalized spacial score (nSPS) is 15.2. The molecule has 8 heteroatoms. The highest BCUT2D eigenvalue weighted by molar-refractivity contribution is 7.07. The Kier molecular flexibility index (Phi) is 8.10. The number of aryl methyl sites for hydroxylation is 3. The molecule has 2 aromatic carbocycles. The lowest BCUT2D eigenvalue weighted by molar-refractivity contribution is -0.139. The number of allylic oxidation sites excluding steroid dienone is 1. The first kappa shape index (κ1) is 29.3. The summed E-state index contributed by atoms with van der Waals surface area (Å²) in [6, 6.07) is 15.3. The molecule has 0 amide bonds. The number of fused-ring (bicyclic) bond motifs is 1. The molecule has 1 aliphatic rings. The summed E-state index contributed by atoms with van der Waals surface area (Å²) in [7, 11) is 0. The molecular weight excluding hydrogens is 546 g/mol. The second kappa shape index (κ2) is 11.6. The molecule has 0 aliphatic carbocycles. The molecule has 0 saturated heterocycles. The lowest BCUT2D eigenvalue weighted by atomic mass is 9.95. The second-order valence-electron chi connectivity index (χ2n) is 11.0. The van der Waals surface area contributed by atoms with Crippen LogP contribution in [0.4, 0.5) is 0 Å². The third kappa shape index (κ3) is 5.27. The van der Waals surface area contributed by atoms with Crippen LogP contribution in [0.15, 0.2) is 69.6 Å². The number of hydrogen-bond donors (Lipinski definition) is 0. The lowest BCUT2D eigenvalue weighted by Crippen LogP contribution is -2.40. The van der Waals surface area contributed by atoms with Crippen LogP contribution in [0.2, 0.25) is 0 Å². The van der Waals surface area contributed by atoms with Gasteiger partial charge in [-0.1, -0.05) is 47.2 Å². The van der Waals surface area contributed by atoms with Gasteiger partial charge in [-0.05, 0) is 90.8 Å². The SMILES string of the molecule is CCOC(=O)C1=C(C)N=c2s/c(=C/c3cc(C)n(-c4ccc(C)cc4C)c3C)c(=O)n2[C@@H]1c1ccccc1OC(C)C. The van der Waals surface area contributed by atoms with E-state index in [1.165, 1.54) is 22.5 Å². The average Bonchev–Trinajstić information content (AvgIpc) is 3.37. The van der Waals surface area contributed by atoms with Gasteiger partial charge in [0.2, 0.25) is 0 Å². The molecule has 0 bridgehead atoms. The minimum atomic E-state index is -0.736. The van der Waals surface area contributed by atoms with E-state index in [1.54, 1.807) is 18.4 Å². The molecule has 0 fully saturated rings. The number of nitrogens with zero attached hydrogens (tertiary/aromatic N) is 3. The van der Waals surface area contributed by atoms with Gasteiger partial charge in [0.15, 0.2) is 4.80 Å². The average molecular weight is 584 g/mol. The van der Waals surface area contributed by atoms with Crippen molar-refractivity contribution in [2.75, 3.05) is 6.61 Å². The van der Waals surface area contributed by atoms with Crippen LogP contribution in [0.25, 0.3) is 11.8 Å². The van der Waals surface area contributed by atoms with Gasteiger partial charge < -0.3 is 14.0 Å². The van der Waals surface area contributed by atoms with Gasteiger partial charge in [0.05, 0.1) is 28.5 Å². The maximum atomic E-state index is 14.2. The van der Waals surface area contributed by atoms with Gasteiger partial charge in [0.1, 0.15) is 11.8 Å². The van der Waals surface area contributed by atoms with Gasteiger partial charge in [0, 0.05) is 22.6 Å². The summed E-state index contributed by atoms with van der Waals surface area (Å²) < 4.78 is 16.0. The Morgan fingerprint density at radius 1 is 1.07 bits per heavy atom. The number of hydrogen-bond acceptors (Lipinski definition) is 6. The summed E-state index contributed by atoms with van der Waals surface area (Å²) in [6.07, 6.45) is 1.84. The van der Waals surface area contributed by atoms with Crippen LogP contribution in [-0.4, -0.2) is 27.8 Å². The minimum absolute atomic E-state index is 0.0921. The number of benzene rings is 2. The minimum Gasteiger partial charge on any atom is -0.491 e. The predicted octanol–water partition coefficient (Wildman–Crippen LogP) is 5.61. The van der Waals surface area contributed by atoms with E-state index in [0.29, 0.717) is 31.9 Å². The van der Waals surface area contributed by atoms with Gasteiger partial charge in [-0.2, -0.15) is 0 Å². The van der Waals surface area contributed by atoms with Crippen LogP contribution >= 0.6 is 11.3 Å². The Hall–Kier alpha value is -4.17. The number of carbonyl (C=O) groups is 1. The Morgan fingerprint density at radius 2 is 1.81 bits per heavy atom. The maximum Gasteiger partial charge on any atom is 0.338 e. The topological polar surface area (TPSA) is 74.8 Å². The van der Waals surface area contributed by atoms with Crippen LogP contribution < -0.4 is 19.6 Å². The summed E-state index contributed by atoms with van der Waals surface area (Å²) in [4.78, 5) is 32.8. The molecule has 42 heavy (non-hydrogen) atoms. The molecule has 0 N–H and O–H groups in total. The highest BCUT2D eigenvalue weighted by Gasteiger charge is 2.35. The van der Waals surface area contributed by atoms with Gasteiger partial charge in [-0.3, -0.25) is 9.36 Å². The van der Waals surface area contributed by atoms with Gasteiger partial charge in [-0.25, -0.2) is 9.79 Å². The maximum absolute atomic E-state index is 14.2. The van der Waals surface area contributed by atoms with E-state index < -0.39 is 12.0 Å². The Morgan fingerprint density at radius 3 is 2.50 bits per heavy atom. The largest absolute Gasteiger partial charge is 0.491 e. The van der Waals surface area contributed by atoms with Crippen LogP contribution in [0.5, 0.6) is 5.75 Å². The van der Waals surface area contributed by atoms with Crippen LogP contribution in [0.1, 0.15) is 67.4 Å². The van der Waals surface area contributed by atoms with Crippen molar-refractivity contribution in [3.8, 4) is 11.4 Å². The van der Waals surface area contributed by atoms with Crippen molar-refractivity contribution in [3.05, 3.63) is 113 Å². The van der Waals surface area contributed by atoms with Crippen molar-refractivity contribution in [1.29, 1.82) is 0 Å². The van der Waals surface area contributed by atoms with Crippen LogP contribution in [0.3, 0.4) is 0 Å². The fourth-order valence-corrected chi connectivity index (χ4v) is 6.69. The van der Waals surface area contributed by atoms with Crippen molar-refractivity contribution in [1.82, 2.24) is 9.13 Å². The number of thiazole rings is 1. The van der Waals surface area contributed by atoms with Gasteiger partial charge >= 0.3 is 5.97 Å². The first-order chi connectivity index (χ1) is 20.0. The van der Waals surface area contributed by atoms with E-state index in [4.69, 9.17) is 14.5 Å². The number of esters is 1. The summed E-state index contributed by atoms with van der Waals surface area (Å²) in [5, 5.41) is 0. The zero-order valence-corrected chi connectivity index (χ0v) is 26.3. The molecule has 3 heterocycles. The van der Waals surface area contributed by atoms with E-state index in [9.17, 15) is 9.59 Å². The van der Waals surface area contributed by atoms with E-state index in [1.807, 2.05) is 44.2 Å². The first-order valence-electron chi connectivity index (χ1n) is 14.2. The monoisotopic (exact) mass is 583 g/mol. The summed E-state index contributed by atoms with van der Waals surface area (Å²) >= 11 is 1.32. The van der Waals surface area contributed by atoms with Crippen LogP contribution in [0, 0.1) is 27.7 Å². The van der Waals surface area contributed by atoms with Crippen molar-refractivity contribution in [2.45, 2.75) is 67.5 Å². The van der Waals surface area contributed by atoms with E-state index in [-0.39, 0.29) is 18.3 Å². The molecule has 7 nitrogen and oxygen atoms in total. The van der Waals surface area contributed by atoms with Crippen molar-refractivity contribution < 1.29 is 14.3 Å². The first-order valence-corrected chi connectivity index (χ1v) is 15.0. The number of aromatic nitrogens is 2. The summed E-state index contributed by atoms with van der Waals surface area (Å²) in [6.45, 7) is 16.0. The molecule has 1 atom stereocenters. The van der Waals surface area contributed by atoms with Gasteiger partial charge in [-0.15, -0.1) is 0 Å². The zero-order valence-electron chi connectivity index (χ0n) is 25.4. The van der Waals surface area contributed by atoms with Gasteiger partial charge in [0.25, 0.3) is 5.56 Å².